The SMILES string of the molecule is Cn1c(=O)c(C(c2cc(F)ccc2F)c2[nH]c3ccccc3c2CCNC(=O)N2CCOCC2)c(O)c2ccccc21. The van der Waals surface area contributed by atoms with Crippen molar-refractivity contribution in [2.45, 2.75) is 12.3 Å². The van der Waals surface area contributed by atoms with Crippen molar-refractivity contribution < 1.29 is 23.4 Å². The number of halogens is 2. The van der Waals surface area contributed by atoms with Crippen LogP contribution in [0.5, 0.6) is 5.75 Å². The number of fused-ring (bicyclic) bond motifs is 2. The predicted octanol–water partition coefficient (Wildman–Crippen LogP) is 4.77. The van der Waals surface area contributed by atoms with E-state index < -0.39 is 23.1 Å². The number of aromatic nitrogens is 2. The quantitative estimate of drug-likeness (QED) is 0.273. The van der Waals surface area contributed by atoms with Crippen molar-refractivity contribution in [1.29, 1.82) is 0 Å². The molecule has 0 spiro atoms. The molecule has 1 unspecified atom stereocenters. The summed E-state index contributed by atoms with van der Waals surface area (Å²) in [5.74, 6) is -2.88. The summed E-state index contributed by atoms with van der Waals surface area (Å²) in [4.78, 5) is 31.7. The fourth-order valence-corrected chi connectivity index (χ4v) is 5.86. The molecule has 1 atom stereocenters. The van der Waals surface area contributed by atoms with E-state index in [-0.39, 0.29) is 29.5 Å². The molecule has 0 saturated carbocycles. The van der Waals surface area contributed by atoms with Crippen LogP contribution in [0.25, 0.3) is 21.8 Å². The van der Waals surface area contributed by atoms with Gasteiger partial charge in [0, 0.05) is 54.2 Å². The van der Waals surface area contributed by atoms with Crippen molar-refractivity contribution in [2.24, 2.45) is 7.05 Å². The zero-order valence-electron chi connectivity index (χ0n) is 23.0. The van der Waals surface area contributed by atoms with Crippen molar-refractivity contribution in [3.63, 3.8) is 0 Å². The van der Waals surface area contributed by atoms with Gasteiger partial charge in [0.25, 0.3) is 5.56 Å². The number of benzene rings is 3. The Bertz CT molecular complexity index is 1860. The number of aromatic hydroxyl groups is 1. The van der Waals surface area contributed by atoms with Crippen molar-refractivity contribution in [1.82, 2.24) is 19.8 Å². The molecule has 10 heteroatoms. The summed E-state index contributed by atoms with van der Waals surface area (Å²) in [7, 11) is 1.58. The number of H-pyrrole nitrogens is 1. The van der Waals surface area contributed by atoms with Gasteiger partial charge >= 0.3 is 6.03 Å². The molecule has 1 aliphatic rings. The largest absolute Gasteiger partial charge is 0.507 e. The average Bonchev–Trinajstić information content (AvgIpc) is 3.38. The van der Waals surface area contributed by atoms with E-state index in [2.05, 4.69) is 10.3 Å². The molecule has 2 aromatic heterocycles. The number of pyridine rings is 1. The maximum atomic E-state index is 15.6. The number of hydrogen-bond donors (Lipinski definition) is 3. The Kier molecular flexibility index (Phi) is 7.38. The third-order valence-electron chi connectivity index (χ3n) is 7.95. The standard InChI is InChI=1S/C32H30F2N4O4/c1-37-26-9-5-3-7-22(26)30(39)28(31(37)40)27(23-18-19(33)10-11-24(23)34)29-21(20-6-2-4-8-25(20)36-29)12-13-35-32(41)38-14-16-42-17-15-38/h2-11,18,27,36,39H,12-17H2,1H3,(H,35,41). The van der Waals surface area contributed by atoms with Gasteiger partial charge in [-0.1, -0.05) is 30.3 Å². The molecule has 3 heterocycles. The highest BCUT2D eigenvalue weighted by molar-refractivity contribution is 5.88. The molecule has 0 aliphatic carbocycles. The molecule has 216 valence electrons. The highest BCUT2D eigenvalue weighted by Gasteiger charge is 2.32. The number of urea groups is 1. The van der Waals surface area contributed by atoms with Gasteiger partial charge < -0.3 is 29.6 Å². The molecule has 1 saturated heterocycles. The monoisotopic (exact) mass is 572 g/mol. The van der Waals surface area contributed by atoms with Gasteiger partial charge in [-0.05, 0) is 48.4 Å². The number of aromatic amines is 1. The Labute approximate surface area is 240 Å². The number of para-hydroxylation sites is 2. The van der Waals surface area contributed by atoms with E-state index in [1.54, 1.807) is 36.2 Å². The molecule has 8 nitrogen and oxygen atoms in total. The molecule has 5 aromatic rings. The minimum Gasteiger partial charge on any atom is -0.507 e. The lowest BCUT2D eigenvalue weighted by molar-refractivity contribution is 0.0533. The second kappa shape index (κ2) is 11.3. The van der Waals surface area contributed by atoms with E-state index in [0.29, 0.717) is 49.3 Å². The van der Waals surface area contributed by atoms with Gasteiger partial charge in [-0.3, -0.25) is 4.79 Å². The van der Waals surface area contributed by atoms with Crippen molar-refractivity contribution in [3.8, 4) is 5.75 Å². The van der Waals surface area contributed by atoms with E-state index in [4.69, 9.17) is 4.74 Å². The van der Waals surface area contributed by atoms with Gasteiger partial charge in [0.1, 0.15) is 17.4 Å². The predicted molar refractivity (Wildman–Crippen MR) is 156 cm³/mol. The van der Waals surface area contributed by atoms with E-state index in [1.165, 1.54) is 4.57 Å². The zero-order chi connectivity index (χ0) is 29.4. The number of amides is 2. The lowest BCUT2D eigenvalue weighted by Crippen LogP contribution is -2.46. The third kappa shape index (κ3) is 4.87. The molecule has 2 amide bonds. The fourth-order valence-electron chi connectivity index (χ4n) is 5.86. The minimum absolute atomic E-state index is 0.0779. The second-order valence-electron chi connectivity index (χ2n) is 10.4. The van der Waals surface area contributed by atoms with Crippen molar-refractivity contribution >= 4 is 27.8 Å². The van der Waals surface area contributed by atoms with E-state index in [9.17, 15) is 19.1 Å². The number of hydrogen-bond acceptors (Lipinski definition) is 4. The van der Waals surface area contributed by atoms with Crippen LogP contribution < -0.4 is 10.9 Å². The van der Waals surface area contributed by atoms with Crippen LogP contribution in [0.1, 0.15) is 28.3 Å². The van der Waals surface area contributed by atoms with Crippen LogP contribution in [0.15, 0.2) is 71.5 Å². The van der Waals surface area contributed by atoms with Gasteiger partial charge in [0.15, 0.2) is 0 Å². The molecular weight excluding hydrogens is 542 g/mol. The molecule has 1 aliphatic heterocycles. The Hall–Kier alpha value is -4.70. The number of morpholine rings is 1. The van der Waals surface area contributed by atoms with Crippen LogP contribution in [0, 0.1) is 11.6 Å². The van der Waals surface area contributed by atoms with Crippen LogP contribution in [0.4, 0.5) is 13.6 Å². The summed E-state index contributed by atoms with van der Waals surface area (Å²) in [6, 6.07) is 17.2. The van der Waals surface area contributed by atoms with E-state index in [0.717, 1.165) is 34.7 Å². The highest BCUT2D eigenvalue weighted by Crippen LogP contribution is 2.42. The summed E-state index contributed by atoms with van der Waals surface area (Å²) < 4.78 is 37.0. The number of rotatable bonds is 6. The van der Waals surface area contributed by atoms with Crippen LogP contribution in [-0.4, -0.2) is 58.4 Å². The Morgan fingerprint density at radius 2 is 1.76 bits per heavy atom. The van der Waals surface area contributed by atoms with Crippen LogP contribution >= 0.6 is 0 Å². The van der Waals surface area contributed by atoms with Crippen molar-refractivity contribution in [3.05, 3.63) is 111 Å². The smallest absolute Gasteiger partial charge is 0.317 e. The lowest BCUT2D eigenvalue weighted by atomic mass is 9.84. The molecule has 42 heavy (non-hydrogen) atoms. The summed E-state index contributed by atoms with van der Waals surface area (Å²) in [5.41, 5.74) is 1.67. The van der Waals surface area contributed by atoms with E-state index in [1.807, 2.05) is 24.3 Å². The number of carbonyl (C=O) groups is 1. The molecule has 3 N–H and O–H groups in total. The normalized spacial score (nSPS) is 14.4. The number of carbonyl (C=O) groups excluding carboxylic acids is 1. The molecule has 0 bridgehead atoms. The van der Waals surface area contributed by atoms with Gasteiger partial charge in [-0.25, -0.2) is 13.6 Å². The lowest BCUT2D eigenvalue weighted by Gasteiger charge is -2.27. The van der Waals surface area contributed by atoms with Crippen LogP contribution in [0.3, 0.4) is 0 Å². The zero-order valence-corrected chi connectivity index (χ0v) is 23.0. The van der Waals surface area contributed by atoms with Gasteiger partial charge in [-0.15, -0.1) is 0 Å². The van der Waals surface area contributed by atoms with Crippen LogP contribution in [0.2, 0.25) is 0 Å². The van der Waals surface area contributed by atoms with Crippen LogP contribution in [-0.2, 0) is 18.2 Å². The van der Waals surface area contributed by atoms with Gasteiger partial charge in [0.2, 0.25) is 0 Å². The third-order valence-corrected chi connectivity index (χ3v) is 7.95. The maximum Gasteiger partial charge on any atom is 0.317 e. The van der Waals surface area contributed by atoms with Gasteiger partial charge in [0.05, 0.1) is 30.2 Å². The number of ether oxygens (including phenoxy) is 1. The summed E-state index contributed by atoms with van der Waals surface area (Å²) in [6.45, 7) is 2.20. The highest BCUT2D eigenvalue weighted by atomic mass is 19.1. The Morgan fingerprint density at radius 3 is 2.55 bits per heavy atom. The summed E-state index contributed by atoms with van der Waals surface area (Å²) >= 11 is 0. The first-order valence-corrected chi connectivity index (χ1v) is 13.8. The minimum atomic E-state index is -1.18. The average molecular weight is 573 g/mol. The first-order chi connectivity index (χ1) is 20.3. The molecule has 0 radical (unpaired) electrons. The first kappa shape index (κ1) is 27.5. The summed E-state index contributed by atoms with van der Waals surface area (Å²) in [6.07, 6.45) is 0.331. The van der Waals surface area contributed by atoms with Gasteiger partial charge in [-0.2, -0.15) is 0 Å². The fraction of sp³-hybridized carbons (Fsp3) is 0.250. The second-order valence-corrected chi connectivity index (χ2v) is 10.4. The molecule has 3 aromatic carbocycles. The molecular formula is C32H30F2N4O4. The summed E-state index contributed by atoms with van der Waals surface area (Å²) in [5, 5.41) is 15.7. The maximum absolute atomic E-state index is 15.6. The Balaban J connectivity index is 1.52. The molecule has 6 rings (SSSR count). The van der Waals surface area contributed by atoms with E-state index >= 15 is 4.39 Å². The number of nitrogens with one attached hydrogen (secondary N) is 2. The number of nitrogens with zero attached hydrogens (tertiary/aromatic N) is 2. The number of aryl methyl sites for hydroxylation is 1. The van der Waals surface area contributed by atoms with Crippen molar-refractivity contribution in [2.75, 3.05) is 32.8 Å². The Morgan fingerprint density at radius 1 is 1.05 bits per heavy atom. The molecule has 1 fully saturated rings. The first-order valence-electron chi connectivity index (χ1n) is 13.8. The topological polar surface area (TPSA) is 99.6 Å².